The number of hydrogen-bond acceptors (Lipinski definition) is 2. The summed E-state index contributed by atoms with van der Waals surface area (Å²) in [5.74, 6) is 0. The maximum Gasteiger partial charge on any atom is 0.0715 e. The van der Waals surface area contributed by atoms with Crippen molar-refractivity contribution >= 4 is 54.5 Å². The molecular formula is C48H36N2. The summed E-state index contributed by atoms with van der Waals surface area (Å²) < 4.78 is 0. The van der Waals surface area contributed by atoms with Gasteiger partial charge in [0.2, 0.25) is 0 Å². The third-order valence-corrected chi connectivity index (χ3v) is 10.3. The number of nitrogens with zero attached hydrogens (tertiary/aromatic N) is 2. The first kappa shape index (κ1) is 30.0. The molecule has 1 aromatic heterocycles. The van der Waals surface area contributed by atoms with Crippen LogP contribution in [0.5, 0.6) is 0 Å². The number of benzene rings is 8. The number of fused-ring (bicyclic) bond motifs is 2. The maximum absolute atomic E-state index is 5.33. The van der Waals surface area contributed by atoms with Gasteiger partial charge in [-0.2, -0.15) is 0 Å². The topological polar surface area (TPSA) is 25.2 Å². The molecule has 2 nitrogen and oxygen atoms in total. The Kier molecular flexibility index (Phi) is 7.25. The monoisotopic (exact) mass is 640 g/mol. The van der Waals surface area contributed by atoms with Gasteiger partial charge >= 0.3 is 0 Å². The van der Waals surface area contributed by atoms with Crippen molar-refractivity contribution in [3.8, 4) is 33.6 Å². The van der Waals surface area contributed by atoms with Gasteiger partial charge in [0.1, 0.15) is 0 Å². The van der Waals surface area contributed by atoms with E-state index in [1.54, 1.807) is 0 Å². The lowest BCUT2D eigenvalue weighted by Crippen LogP contribution is -2.02. The summed E-state index contributed by atoms with van der Waals surface area (Å²) in [7, 11) is 0. The largest absolute Gasteiger partial charge is 0.253 e. The Morgan fingerprint density at radius 3 is 1.92 bits per heavy atom. The van der Waals surface area contributed by atoms with Crippen molar-refractivity contribution in [3.63, 3.8) is 0 Å². The fourth-order valence-corrected chi connectivity index (χ4v) is 7.82. The fraction of sp³-hybridized carbons (Fsp3) is 0.0833. The lowest BCUT2D eigenvalue weighted by atomic mass is 9.88. The molecule has 0 fully saturated rings. The van der Waals surface area contributed by atoms with Crippen molar-refractivity contribution in [1.82, 2.24) is 4.98 Å². The average Bonchev–Trinajstić information content (AvgIpc) is 3.16. The highest BCUT2D eigenvalue weighted by atomic mass is 14.8. The third kappa shape index (κ3) is 4.87. The molecule has 9 rings (SSSR count). The first-order valence-corrected chi connectivity index (χ1v) is 17.5. The van der Waals surface area contributed by atoms with Gasteiger partial charge in [-0.3, -0.25) is 4.99 Å². The van der Waals surface area contributed by atoms with Gasteiger partial charge in [0.15, 0.2) is 0 Å². The van der Waals surface area contributed by atoms with Gasteiger partial charge in [-0.25, -0.2) is 4.98 Å². The molecule has 0 bridgehead atoms. The van der Waals surface area contributed by atoms with Crippen LogP contribution in [0.15, 0.2) is 157 Å². The summed E-state index contributed by atoms with van der Waals surface area (Å²) in [6, 6.07) is 54.7. The normalized spacial score (nSPS) is 12.1. The van der Waals surface area contributed by atoms with Crippen LogP contribution in [0.4, 0.5) is 5.69 Å². The summed E-state index contributed by atoms with van der Waals surface area (Å²) in [6.45, 7) is 6.51. The van der Waals surface area contributed by atoms with Gasteiger partial charge in [-0.15, -0.1) is 0 Å². The molecule has 0 N–H and O–H groups in total. The summed E-state index contributed by atoms with van der Waals surface area (Å²) in [4.78, 5) is 10.6. The van der Waals surface area contributed by atoms with Crippen LogP contribution in [0, 0.1) is 13.8 Å². The Morgan fingerprint density at radius 1 is 0.500 bits per heavy atom. The number of aryl methyl sites for hydroxylation is 2. The fourth-order valence-electron chi connectivity index (χ4n) is 7.82. The maximum atomic E-state index is 5.33. The highest BCUT2D eigenvalue weighted by Crippen LogP contribution is 2.43. The molecule has 9 aromatic rings. The number of aromatic nitrogens is 1. The minimum absolute atomic E-state index is 0.824. The van der Waals surface area contributed by atoms with Crippen LogP contribution < -0.4 is 0 Å². The summed E-state index contributed by atoms with van der Waals surface area (Å²) in [5, 5.41) is 10.3. The molecule has 0 unspecified atom stereocenters. The van der Waals surface area contributed by atoms with Crippen LogP contribution in [-0.4, -0.2) is 10.7 Å². The molecule has 50 heavy (non-hydrogen) atoms. The first-order valence-electron chi connectivity index (χ1n) is 17.5. The Balaban J connectivity index is 1.15. The Labute approximate surface area is 292 Å². The predicted octanol–water partition coefficient (Wildman–Crippen LogP) is 13.3. The molecule has 0 saturated heterocycles. The van der Waals surface area contributed by atoms with E-state index < -0.39 is 0 Å². The van der Waals surface area contributed by atoms with Crippen LogP contribution in [0.2, 0.25) is 0 Å². The Bertz CT molecular complexity index is 2720. The number of hydrogen-bond donors (Lipinski definition) is 0. The van der Waals surface area contributed by atoms with Crippen LogP contribution in [-0.2, 0) is 0 Å². The van der Waals surface area contributed by atoms with Gasteiger partial charge < -0.3 is 0 Å². The van der Waals surface area contributed by atoms with Crippen molar-refractivity contribution in [1.29, 1.82) is 0 Å². The minimum atomic E-state index is 0.824. The van der Waals surface area contributed by atoms with Crippen molar-refractivity contribution in [2.45, 2.75) is 27.2 Å². The number of rotatable bonds is 6. The summed E-state index contributed by atoms with van der Waals surface area (Å²) in [5.41, 5.74) is 12.2. The van der Waals surface area contributed by atoms with Gasteiger partial charge in [-0.05, 0) is 104 Å². The highest BCUT2D eigenvalue weighted by molar-refractivity contribution is 6.34. The lowest BCUT2D eigenvalue weighted by molar-refractivity contribution is 1.25. The molecule has 0 radical (unpaired) electrons. The van der Waals surface area contributed by atoms with Crippen molar-refractivity contribution in [2.75, 3.05) is 0 Å². The Morgan fingerprint density at radius 2 is 1.14 bits per heavy atom. The zero-order valence-corrected chi connectivity index (χ0v) is 28.5. The van der Waals surface area contributed by atoms with E-state index in [9.17, 15) is 0 Å². The van der Waals surface area contributed by atoms with E-state index in [1.807, 2.05) is 0 Å². The molecule has 0 atom stereocenters. The van der Waals surface area contributed by atoms with E-state index >= 15 is 0 Å². The molecule has 0 aliphatic heterocycles. The van der Waals surface area contributed by atoms with E-state index in [4.69, 9.17) is 9.98 Å². The SMILES string of the molecule is CCC(=Nc1cc(-c2cccc(-c3ccc4c5cccc6cccc(c7cccc3c74)c65)n2)ccc1C)c1ccccc1-c1ccccc1C. The standard InChI is InChI=1S/C48H36N2/c1-4-43(36-18-8-7-17-35(36)34-16-6-5-13-30(34)2)49-46-29-33(26-25-31(46)3)44-23-12-24-45(50-44)37-27-28-42-40-20-10-15-32-14-9-19-39(47(32)40)41-22-11-21-38(37)48(41)42/h5-29H,4H2,1-3H3. The van der Waals surface area contributed by atoms with Crippen molar-refractivity contribution < 1.29 is 0 Å². The van der Waals surface area contributed by atoms with Gasteiger partial charge in [-0.1, -0.05) is 140 Å². The van der Waals surface area contributed by atoms with Gasteiger partial charge in [0, 0.05) is 22.4 Å². The second-order valence-electron chi connectivity index (χ2n) is 13.3. The van der Waals surface area contributed by atoms with E-state index in [2.05, 4.69) is 172 Å². The van der Waals surface area contributed by atoms with E-state index in [-0.39, 0.29) is 0 Å². The third-order valence-electron chi connectivity index (χ3n) is 10.3. The smallest absolute Gasteiger partial charge is 0.0715 e. The summed E-state index contributed by atoms with van der Waals surface area (Å²) in [6.07, 6.45) is 0.824. The van der Waals surface area contributed by atoms with Crippen LogP contribution >= 0.6 is 0 Å². The molecule has 0 aliphatic carbocycles. The minimum Gasteiger partial charge on any atom is -0.253 e. The van der Waals surface area contributed by atoms with Crippen LogP contribution in [0.3, 0.4) is 0 Å². The highest BCUT2D eigenvalue weighted by Gasteiger charge is 2.17. The molecule has 0 spiro atoms. The second kappa shape index (κ2) is 12.1. The average molecular weight is 641 g/mol. The molecule has 0 amide bonds. The number of aliphatic imine (C=N–C) groups is 1. The number of pyridine rings is 1. The second-order valence-corrected chi connectivity index (χ2v) is 13.3. The van der Waals surface area contributed by atoms with Crippen LogP contribution in [0.25, 0.3) is 76.7 Å². The zero-order chi connectivity index (χ0) is 33.8. The quantitative estimate of drug-likeness (QED) is 0.101. The molecule has 0 saturated carbocycles. The zero-order valence-electron chi connectivity index (χ0n) is 28.5. The molecule has 8 aromatic carbocycles. The van der Waals surface area contributed by atoms with E-state index in [1.165, 1.54) is 65.3 Å². The van der Waals surface area contributed by atoms with Gasteiger partial charge in [0.05, 0.1) is 17.1 Å². The van der Waals surface area contributed by atoms with Gasteiger partial charge in [0.25, 0.3) is 0 Å². The van der Waals surface area contributed by atoms with Crippen molar-refractivity contribution in [2.24, 2.45) is 4.99 Å². The molecule has 0 aliphatic rings. The first-order chi connectivity index (χ1) is 24.6. The van der Waals surface area contributed by atoms with E-state index in [0.29, 0.717) is 0 Å². The predicted molar refractivity (Wildman–Crippen MR) is 214 cm³/mol. The molecular weight excluding hydrogens is 605 g/mol. The van der Waals surface area contributed by atoms with Crippen LogP contribution in [0.1, 0.15) is 30.0 Å². The lowest BCUT2D eigenvalue weighted by Gasteiger charge is -2.16. The molecule has 1 heterocycles. The summed E-state index contributed by atoms with van der Waals surface area (Å²) >= 11 is 0. The van der Waals surface area contributed by atoms with E-state index in [0.717, 1.165) is 45.9 Å². The molecule has 238 valence electrons. The van der Waals surface area contributed by atoms with Crippen molar-refractivity contribution in [3.05, 3.63) is 168 Å². The Hall–Kier alpha value is -6.12. The molecule has 2 heteroatoms.